The van der Waals surface area contributed by atoms with E-state index in [1.807, 2.05) is 6.07 Å². The fraction of sp³-hybridized carbons (Fsp3) is 0.429. The molecule has 1 heterocycles. The van der Waals surface area contributed by atoms with Gasteiger partial charge < -0.3 is 9.64 Å². The number of methoxy groups -OCH3 is 1. The van der Waals surface area contributed by atoms with E-state index in [9.17, 15) is 14.0 Å². The Kier molecular flexibility index (Phi) is 4.14. The summed E-state index contributed by atoms with van der Waals surface area (Å²) in [6, 6.07) is 6.31. The van der Waals surface area contributed by atoms with Crippen molar-refractivity contribution in [2.24, 2.45) is 5.92 Å². The summed E-state index contributed by atoms with van der Waals surface area (Å²) in [7, 11) is 1.32. The van der Waals surface area contributed by atoms with E-state index in [1.165, 1.54) is 19.2 Å². The summed E-state index contributed by atoms with van der Waals surface area (Å²) in [5.74, 6) is -1.05. The van der Waals surface area contributed by atoms with E-state index in [2.05, 4.69) is 4.74 Å². The zero-order valence-electron chi connectivity index (χ0n) is 10.8. The first kappa shape index (κ1) is 13.5. The van der Waals surface area contributed by atoms with Crippen molar-refractivity contribution in [3.63, 3.8) is 0 Å². The van der Waals surface area contributed by atoms with Gasteiger partial charge in [-0.05, 0) is 24.1 Å². The molecule has 5 heteroatoms. The van der Waals surface area contributed by atoms with Gasteiger partial charge in [-0.1, -0.05) is 12.1 Å². The third-order valence-electron chi connectivity index (χ3n) is 3.31. The number of likely N-dealkylation sites (tertiary alicyclic amines) is 1. The number of benzene rings is 1. The Labute approximate surface area is 111 Å². The van der Waals surface area contributed by atoms with Gasteiger partial charge >= 0.3 is 5.97 Å². The van der Waals surface area contributed by atoms with Crippen molar-refractivity contribution in [1.29, 1.82) is 0 Å². The minimum absolute atomic E-state index is 0.0493. The Morgan fingerprint density at radius 1 is 1.53 bits per heavy atom. The molecular formula is C14H16FNO3. The predicted octanol–water partition coefficient (Wildman–Crippen LogP) is 1.39. The Balaban J connectivity index is 1.90. The molecule has 0 saturated carbocycles. The van der Waals surface area contributed by atoms with Crippen LogP contribution in [0.25, 0.3) is 0 Å². The fourth-order valence-electron chi connectivity index (χ4n) is 2.27. The number of hydrogen-bond acceptors (Lipinski definition) is 3. The van der Waals surface area contributed by atoms with Crippen molar-refractivity contribution in [1.82, 2.24) is 4.90 Å². The van der Waals surface area contributed by atoms with Crippen LogP contribution in [0.5, 0.6) is 0 Å². The molecule has 0 bridgehead atoms. The molecule has 1 aromatic rings. The van der Waals surface area contributed by atoms with Crippen LogP contribution in [0.4, 0.5) is 4.39 Å². The van der Waals surface area contributed by atoms with Crippen LogP contribution in [0, 0.1) is 11.7 Å². The maximum Gasteiger partial charge on any atom is 0.310 e. The zero-order chi connectivity index (χ0) is 13.8. The third-order valence-corrected chi connectivity index (χ3v) is 3.31. The summed E-state index contributed by atoms with van der Waals surface area (Å²) in [6.45, 7) is 0.886. The highest BCUT2D eigenvalue weighted by Gasteiger charge is 2.34. The average molecular weight is 265 g/mol. The van der Waals surface area contributed by atoms with Gasteiger partial charge in [0, 0.05) is 19.5 Å². The number of rotatable bonds is 4. The molecule has 0 spiro atoms. The van der Waals surface area contributed by atoms with Gasteiger partial charge in [0.25, 0.3) is 0 Å². The second-order valence-electron chi connectivity index (χ2n) is 4.64. The van der Waals surface area contributed by atoms with Crippen LogP contribution >= 0.6 is 0 Å². The lowest BCUT2D eigenvalue weighted by Gasteiger charge is -2.16. The number of carbonyl (C=O) groups excluding carboxylic acids is 2. The van der Waals surface area contributed by atoms with E-state index in [4.69, 9.17) is 0 Å². The number of hydrogen-bond donors (Lipinski definition) is 0. The van der Waals surface area contributed by atoms with Crippen molar-refractivity contribution in [3.05, 3.63) is 35.6 Å². The Bertz CT molecular complexity index is 489. The number of amides is 1. The largest absolute Gasteiger partial charge is 0.469 e. The second kappa shape index (κ2) is 5.82. The van der Waals surface area contributed by atoms with Crippen LogP contribution in [0.1, 0.15) is 12.0 Å². The molecule has 1 aromatic carbocycles. The lowest BCUT2D eigenvalue weighted by Crippen LogP contribution is -2.28. The molecule has 1 unspecified atom stereocenters. The molecule has 1 fully saturated rings. The highest BCUT2D eigenvalue weighted by Crippen LogP contribution is 2.19. The standard InChI is InChI=1S/C14H16FNO3/c1-19-14(18)11-8-13(17)16(9-11)6-5-10-3-2-4-12(15)7-10/h2-4,7,11H,5-6,8-9H2,1H3. The molecule has 19 heavy (non-hydrogen) atoms. The monoisotopic (exact) mass is 265 g/mol. The van der Waals surface area contributed by atoms with Crippen LogP contribution in [0.3, 0.4) is 0 Å². The number of ether oxygens (including phenoxy) is 1. The molecule has 0 radical (unpaired) electrons. The van der Waals surface area contributed by atoms with Crippen LogP contribution in [-0.4, -0.2) is 37.0 Å². The topological polar surface area (TPSA) is 46.6 Å². The van der Waals surface area contributed by atoms with E-state index in [0.29, 0.717) is 19.5 Å². The van der Waals surface area contributed by atoms with E-state index in [1.54, 1.807) is 11.0 Å². The maximum atomic E-state index is 13.0. The van der Waals surface area contributed by atoms with E-state index in [-0.39, 0.29) is 30.0 Å². The first-order valence-corrected chi connectivity index (χ1v) is 6.20. The minimum Gasteiger partial charge on any atom is -0.469 e. The summed E-state index contributed by atoms with van der Waals surface area (Å²) in [5, 5.41) is 0. The van der Waals surface area contributed by atoms with Crippen LogP contribution in [-0.2, 0) is 20.7 Å². The highest BCUT2D eigenvalue weighted by atomic mass is 19.1. The van der Waals surface area contributed by atoms with Crippen LogP contribution < -0.4 is 0 Å². The van der Waals surface area contributed by atoms with Crippen molar-refractivity contribution in [2.75, 3.05) is 20.2 Å². The van der Waals surface area contributed by atoms with Crippen molar-refractivity contribution < 1.29 is 18.7 Å². The number of halogens is 1. The molecule has 2 rings (SSSR count). The molecule has 1 aliphatic heterocycles. The van der Waals surface area contributed by atoms with Gasteiger partial charge in [0.1, 0.15) is 5.82 Å². The smallest absolute Gasteiger partial charge is 0.310 e. The molecule has 1 aliphatic rings. The van der Waals surface area contributed by atoms with Gasteiger partial charge in [-0.3, -0.25) is 9.59 Å². The van der Waals surface area contributed by atoms with E-state index in [0.717, 1.165) is 5.56 Å². The lowest BCUT2D eigenvalue weighted by molar-refractivity contribution is -0.145. The van der Waals surface area contributed by atoms with Gasteiger partial charge in [-0.2, -0.15) is 0 Å². The van der Waals surface area contributed by atoms with Crippen molar-refractivity contribution in [3.8, 4) is 0 Å². The average Bonchev–Trinajstić information content (AvgIpc) is 2.77. The summed E-state index contributed by atoms with van der Waals surface area (Å²) >= 11 is 0. The van der Waals surface area contributed by atoms with Crippen LogP contribution in [0.2, 0.25) is 0 Å². The first-order valence-electron chi connectivity index (χ1n) is 6.20. The minimum atomic E-state index is -0.370. The molecule has 1 atom stereocenters. The number of carbonyl (C=O) groups is 2. The molecule has 1 saturated heterocycles. The zero-order valence-corrected chi connectivity index (χ0v) is 10.8. The predicted molar refractivity (Wildman–Crippen MR) is 66.8 cm³/mol. The molecular weight excluding hydrogens is 249 g/mol. The molecule has 102 valence electrons. The molecule has 1 amide bonds. The van der Waals surface area contributed by atoms with E-state index < -0.39 is 0 Å². The lowest BCUT2D eigenvalue weighted by atomic mass is 10.1. The summed E-state index contributed by atoms with van der Waals surface area (Å²) < 4.78 is 17.7. The molecule has 0 aliphatic carbocycles. The SMILES string of the molecule is COC(=O)C1CC(=O)N(CCc2cccc(F)c2)C1. The quantitative estimate of drug-likeness (QED) is 0.773. The summed E-state index contributed by atoms with van der Waals surface area (Å²) in [6.07, 6.45) is 0.785. The van der Waals surface area contributed by atoms with Crippen molar-refractivity contribution in [2.45, 2.75) is 12.8 Å². The van der Waals surface area contributed by atoms with Gasteiger partial charge in [0.15, 0.2) is 0 Å². The molecule has 4 nitrogen and oxygen atoms in total. The first-order chi connectivity index (χ1) is 9.10. The number of nitrogens with zero attached hydrogens (tertiary/aromatic N) is 1. The second-order valence-corrected chi connectivity index (χ2v) is 4.64. The Hall–Kier alpha value is -1.91. The van der Waals surface area contributed by atoms with Gasteiger partial charge in [-0.25, -0.2) is 4.39 Å². The maximum absolute atomic E-state index is 13.0. The van der Waals surface area contributed by atoms with Gasteiger partial charge in [-0.15, -0.1) is 0 Å². The Morgan fingerprint density at radius 2 is 2.32 bits per heavy atom. The number of esters is 1. The van der Waals surface area contributed by atoms with Crippen LogP contribution in [0.15, 0.2) is 24.3 Å². The molecule has 0 aromatic heterocycles. The van der Waals surface area contributed by atoms with Gasteiger partial charge in [0.05, 0.1) is 13.0 Å². The summed E-state index contributed by atoms with van der Waals surface area (Å²) in [4.78, 5) is 24.7. The fourth-order valence-corrected chi connectivity index (χ4v) is 2.27. The van der Waals surface area contributed by atoms with Crippen molar-refractivity contribution >= 4 is 11.9 Å². The van der Waals surface area contributed by atoms with Gasteiger partial charge in [0.2, 0.25) is 5.91 Å². The Morgan fingerprint density at radius 3 is 3.00 bits per heavy atom. The third kappa shape index (κ3) is 3.30. The van der Waals surface area contributed by atoms with E-state index >= 15 is 0 Å². The molecule has 0 N–H and O–H groups in total. The highest BCUT2D eigenvalue weighted by molar-refractivity contribution is 5.86. The normalized spacial score (nSPS) is 18.7. The summed E-state index contributed by atoms with van der Waals surface area (Å²) in [5.41, 5.74) is 0.842.